The van der Waals surface area contributed by atoms with Crippen molar-refractivity contribution >= 4 is 22.7 Å². The number of carbonyl (C=O) groups is 2. The second-order valence-corrected chi connectivity index (χ2v) is 4.98. The maximum absolute atomic E-state index is 11.7. The van der Waals surface area contributed by atoms with E-state index in [0.29, 0.717) is 13.0 Å². The lowest BCUT2D eigenvalue weighted by atomic mass is 10.1. The van der Waals surface area contributed by atoms with Crippen LogP contribution in [0.25, 0.3) is 10.9 Å². The third-order valence-corrected chi connectivity index (χ3v) is 3.52. The minimum absolute atomic E-state index is 0.113. The molecule has 0 spiro atoms. The minimum atomic E-state index is -0.706. The number of methoxy groups -OCH3 is 2. The molecule has 0 unspecified atom stereocenters. The first kappa shape index (κ1) is 17.0. The number of aromatic nitrogens is 1. The number of carbonyl (C=O) groups excluding carboxylic acids is 2. The van der Waals surface area contributed by atoms with Crippen molar-refractivity contribution in [2.75, 3.05) is 27.3 Å². The van der Waals surface area contributed by atoms with E-state index < -0.39 is 18.1 Å². The van der Waals surface area contributed by atoms with Gasteiger partial charge in [-0.1, -0.05) is 18.2 Å². The van der Waals surface area contributed by atoms with Gasteiger partial charge >= 0.3 is 11.8 Å². The van der Waals surface area contributed by atoms with Crippen LogP contribution in [-0.4, -0.2) is 50.4 Å². The van der Waals surface area contributed by atoms with Crippen molar-refractivity contribution in [1.29, 1.82) is 0 Å². The quantitative estimate of drug-likeness (QED) is 0.514. The average molecular weight is 319 g/mol. The van der Waals surface area contributed by atoms with Crippen LogP contribution in [0.4, 0.5) is 0 Å². The first-order chi connectivity index (χ1) is 11.2. The van der Waals surface area contributed by atoms with Crippen LogP contribution in [0, 0.1) is 0 Å². The number of ether oxygens (including phenoxy) is 2. The van der Waals surface area contributed by atoms with Crippen molar-refractivity contribution < 1.29 is 19.1 Å². The number of benzene rings is 1. The molecule has 23 heavy (non-hydrogen) atoms. The molecule has 0 saturated carbocycles. The first-order valence-corrected chi connectivity index (χ1v) is 7.32. The third kappa shape index (κ3) is 4.54. The maximum Gasteiger partial charge on any atom is 0.309 e. The van der Waals surface area contributed by atoms with Gasteiger partial charge in [0.2, 0.25) is 0 Å². The molecule has 3 N–H and O–H groups in total. The molecule has 7 heteroatoms. The Bertz CT molecular complexity index is 664. The van der Waals surface area contributed by atoms with E-state index in [1.165, 1.54) is 14.2 Å². The van der Waals surface area contributed by atoms with Gasteiger partial charge in [-0.05, 0) is 18.1 Å². The molecule has 0 saturated heterocycles. The van der Waals surface area contributed by atoms with E-state index in [9.17, 15) is 9.59 Å². The fraction of sp³-hybridized carbons (Fsp3) is 0.375. The van der Waals surface area contributed by atoms with Crippen molar-refractivity contribution in [1.82, 2.24) is 15.6 Å². The number of fused-ring (bicyclic) bond motifs is 1. The monoisotopic (exact) mass is 319 g/mol. The second kappa shape index (κ2) is 8.30. The van der Waals surface area contributed by atoms with Crippen molar-refractivity contribution in [3.63, 3.8) is 0 Å². The molecule has 0 aliphatic carbocycles. The smallest absolute Gasteiger partial charge is 0.309 e. The van der Waals surface area contributed by atoms with Crippen molar-refractivity contribution in [2.45, 2.75) is 12.7 Å². The van der Waals surface area contributed by atoms with Crippen LogP contribution in [0.3, 0.4) is 0 Å². The summed E-state index contributed by atoms with van der Waals surface area (Å²) in [4.78, 5) is 26.5. The molecule has 0 radical (unpaired) electrons. The summed E-state index contributed by atoms with van der Waals surface area (Å²) < 4.78 is 9.86. The van der Waals surface area contributed by atoms with E-state index in [1.54, 1.807) is 0 Å². The molecule has 1 aromatic heterocycles. The summed E-state index contributed by atoms with van der Waals surface area (Å²) in [6.45, 7) is 0.494. The zero-order valence-electron chi connectivity index (χ0n) is 13.2. The minimum Gasteiger partial charge on any atom is -0.361 e. The van der Waals surface area contributed by atoms with Gasteiger partial charge in [0.05, 0.1) is 6.54 Å². The van der Waals surface area contributed by atoms with Crippen LogP contribution in [-0.2, 0) is 25.5 Å². The number of nitrogens with one attached hydrogen (secondary N) is 3. The average Bonchev–Trinajstić information content (AvgIpc) is 2.99. The van der Waals surface area contributed by atoms with E-state index in [0.717, 1.165) is 16.5 Å². The van der Waals surface area contributed by atoms with Crippen molar-refractivity contribution in [3.8, 4) is 0 Å². The Hall–Kier alpha value is -2.38. The van der Waals surface area contributed by atoms with Gasteiger partial charge in [-0.3, -0.25) is 9.59 Å². The fourth-order valence-electron chi connectivity index (χ4n) is 2.25. The fourth-order valence-corrected chi connectivity index (χ4v) is 2.25. The van der Waals surface area contributed by atoms with Gasteiger partial charge in [0, 0.05) is 37.9 Å². The number of aromatic amines is 1. The summed E-state index contributed by atoms with van der Waals surface area (Å²) in [7, 11) is 2.92. The lowest BCUT2D eigenvalue weighted by Crippen LogP contribution is -2.43. The summed E-state index contributed by atoms with van der Waals surface area (Å²) in [6.07, 6.45) is 1.98. The molecule has 7 nitrogen and oxygen atoms in total. The third-order valence-electron chi connectivity index (χ3n) is 3.52. The van der Waals surface area contributed by atoms with E-state index in [1.807, 2.05) is 30.5 Å². The van der Waals surface area contributed by atoms with E-state index in [2.05, 4.69) is 15.6 Å². The molecule has 0 bridgehead atoms. The Labute approximate surface area is 134 Å². The van der Waals surface area contributed by atoms with Gasteiger partial charge in [0.15, 0.2) is 6.29 Å². The van der Waals surface area contributed by atoms with Crippen LogP contribution in [0.1, 0.15) is 5.56 Å². The first-order valence-electron chi connectivity index (χ1n) is 7.32. The Kier molecular flexibility index (Phi) is 6.13. The molecular weight excluding hydrogens is 298 g/mol. The second-order valence-electron chi connectivity index (χ2n) is 4.98. The van der Waals surface area contributed by atoms with Crippen LogP contribution < -0.4 is 10.6 Å². The molecule has 1 aromatic carbocycles. The van der Waals surface area contributed by atoms with Crippen LogP contribution in [0.2, 0.25) is 0 Å². The van der Waals surface area contributed by atoms with Crippen molar-refractivity contribution in [2.24, 2.45) is 0 Å². The number of rotatable bonds is 7. The molecule has 2 aromatic rings. The van der Waals surface area contributed by atoms with Gasteiger partial charge in [0.25, 0.3) is 0 Å². The Balaban J connectivity index is 1.77. The summed E-state index contributed by atoms with van der Waals surface area (Å²) in [5, 5.41) is 6.17. The number of H-pyrrole nitrogens is 1. The predicted molar refractivity (Wildman–Crippen MR) is 85.8 cm³/mol. The molecule has 124 valence electrons. The normalized spacial score (nSPS) is 10.9. The molecule has 1 heterocycles. The SMILES string of the molecule is COC(CNC(=O)C(=O)NCCc1c[nH]c2ccccc12)OC. The number of hydrogen-bond acceptors (Lipinski definition) is 4. The zero-order chi connectivity index (χ0) is 16.7. The van der Waals surface area contributed by atoms with Gasteiger partial charge in [-0.15, -0.1) is 0 Å². The summed E-state index contributed by atoms with van der Waals surface area (Å²) in [5.41, 5.74) is 2.15. The highest BCUT2D eigenvalue weighted by Crippen LogP contribution is 2.17. The van der Waals surface area contributed by atoms with E-state index >= 15 is 0 Å². The Morgan fingerprint density at radius 1 is 1.13 bits per heavy atom. The molecule has 2 amide bonds. The number of para-hydroxylation sites is 1. The van der Waals surface area contributed by atoms with E-state index in [4.69, 9.17) is 9.47 Å². The van der Waals surface area contributed by atoms with Gasteiger partial charge in [-0.2, -0.15) is 0 Å². The van der Waals surface area contributed by atoms with E-state index in [-0.39, 0.29) is 6.54 Å². The van der Waals surface area contributed by atoms with Crippen LogP contribution >= 0.6 is 0 Å². The molecule has 2 rings (SSSR count). The summed E-state index contributed by atoms with van der Waals surface area (Å²) >= 11 is 0. The standard InChI is InChI=1S/C16H21N3O4/c1-22-14(23-2)10-19-16(21)15(20)17-8-7-11-9-18-13-6-4-3-5-12(11)13/h3-6,9,14,18H,7-8,10H2,1-2H3,(H,17,20)(H,19,21). The summed E-state index contributed by atoms with van der Waals surface area (Å²) in [6, 6.07) is 7.94. The van der Waals surface area contributed by atoms with Crippen LogP contribution in [0.5, 0.6) is 0 Å². The highest BCUT2D eigenvalue weighted by atomic mass is 16.7. The molecule has 0 fully saturated rings. The highest BCUT2D eigenvalue weighted by Gasteiger charge is 2.15. The van der Waals surface area contributed by atoms with Crippen molar-refractivity contribution in [3.05, 3.63) is 36.0 Å². The van der Waals surface area contributed by atoms with Gasteiger partial charge in [-0.25, -0.2) is 0 Å². The zero-order valence-corrected chi connectivity index (χ0v) is 13.2. The lowest BCUT2D eigenvalue weighted by Gasteiger charge is -2.13. The topological polar surface area (TPSA) is 92.5 Å². The largest absolute Gasteiger partial charge is 0.361 e. The molecule has 0 aliphatic heterocycles. The van der Waals surface area contributed by atoms with Crippen LogP contribution in [0.15, 0.2) is 30.5 Å². The summed E-state index contributed by atoms with van der Waals surface area (Å²) in [5.74, 6) is -1.38. The lowest BCUT2D eigenvalue weighted by molar-refractivity contribution is -0.141. The Morgan fingerprint density at radius 3 is 2.57 bits per heavy atom. The van der Waals surface area contributed by atoms with Gasteiger partial charge < -0.3 is 25.1 Å². The number of amides is 2. The molecular formula is C16H21N3O4. The Morgan fingerprint density at radius 2 is 1.83 bits per heavy atom. The number of hydrogen-bond donors (Lipinski definition) is 3. The highest BCUT2D eigenvalue weighted by molar-refractivity contribution is 6.35. The predicted octanol–water partition coefficient (Wildman–Crippen LogP) is 0.562. The van der Waals surface area contributed by atoms with Gasteiger partial charge in [0.1, 0.15) is 0 Å². The maximum atomic E-state index is 11.7. The molecule has 0 aliphatic rings. The molecule has 0 atom stereocenters.